The number of hydrogen-bond acceptors (Lipinski definition) is 5. The number of benzene rings is 2. The van der Waals surface area contributed by atoms with Gasteiger partial charge >= 0.3 is 5.97 Å². The van der Waals surface area contributed by atoms with Crippen molar-refractivity contribution < 1.29 is 19.7 Å². The highest BCUT2D eigenvalue weighted by molar-refractivity contribution is 5.74. The van der Waals surface area contributed by atoms with Gasteiger partial charge in [0.25, 0.3) is 0 Å². The molecule has 0 unspecified atom stereocenters. The Kier molecular flexibility index (Phi) is 5.26. The Morgan fingerprint density at radius 3 is 2.17 bits per heavy atom. The van der Waals surface area contributed by atoms with Crippen molar-refractivity contribution in [3.63, 3.8) is 0 Å². The molecule has 0 spiro atoms. The predicted molar refractivity (Wildman–Crippen MR) is 111 cm³/mol. The smallest absolute Gasteiger partial charge is 0.341 e. The van der Waals surface area contributed by atoms with Crippen LogP contribution in [-0.4, -0.2) is 37.8 Å². The minimum absolute atomic E-state index is 0.0205. The maximum Gasteiger partial charge on any atom is 0.341 e. The van der Waals surface area contributed by atoms with Crippen LogP contribution >= 0.6 is 0 Å². The average Bonchev–Trinajstić information content (AvgIpc) is 3.02. The first kappa shape index (κ1) is 20.6. The Bertz CT molecular complexity index is 1010. The van der Waals surface area contributed by atoms with Crippen molar-refractivity contribution in [1.29, 1.82) is 0 Å². The molecule has 2 N–H and O–H groups in total. The van der Waals surface area contributed by atoms with Crippen LogP contribution in [0, 0.1) is 5.41 Å². The van der Waals surface area contributed by atoms with Crippen LogP contribution in [0.15, 0.2) is 36.4 Å². The number of carboxylic acid groups (broad SMARTS) is 1. The number of phenolic OH excluding ortho intramolecular Hbond substituents is 1. The fraction of sp³-hybridized carbons (Fsp3) is 0.409. The summed E-state index contributed by atoms with van der Waals surface area (Å²) in [6, 6.07) is 10.7. The molecule has 3 rings (SSSR count). The van der Waals surface area contributed by atoms with Gasteiger partial charge < -0.3 is 14.9 Å². The number of carbonyl (C=O) groups is 1. The van der Waals surface area contributed by atoms with E-state index in [1.165, 1.54) is 4.80 Å². The summed E-state index contributed by atoms with van der Waals surface area (Å²) < 4.78 is 5.45. The Labute approximate surface area is 169 Å². The largest absolute Gasteiger partial charge is 0.505 e. The molecule has 0 amide bonds. The summed E-state index contributed by atoms with van der Waals surface area (Å²) in [5.74, 6) is -0.668. The van der Waals surface area contributed by atoms with E-state index in [-0.39, 0.29) is 11.2 Å². The summed E-state index contributed by atoms with van der Waals surface area (Å²) in [5, 5.41) is 29.0. The molecule has 7 nitrogen and oxygen atoms in total. The number of nitrogens with zero attached hydrogens (tertiary/aromatic N) is 3. The van der Waals surface area contributed by atoms with E-state index < -0.39 is 18.0 Å². The fourth-order valence-corrected chi connectivity index (χ4v) is 3.88. The maximum absolute atomic E-state index is 11.1. The Hall–Kier alpha value is -3.09. The molecule has 0 atom stereocenters. The second kappa shape index (κ2) is 7.39. The molecule has 2 aromatic carbocycles. The minimum Gasteiger partial charge on any atom is -0.505 e. The van der Waals surface area contributed by atoms with Gasteiger partial charge in [-0.05, 0) is 35.4 Å². The van der Waals surface area contributed by atoms with Crippen molar-refractivity contribution in [3.05, 3.63) is 42.0 Å². The highest BCUT2D eigenvalue weighted by atomic mass is 16.5. The lowest BCUT2D eigenvalue weighted by atomic mass is 9.72. The maximum atomic E-state index is 11.1. The fourth-order valence-electron chi connectivity index (χ4n) is 3.88. The number of rotatable bonds is 6. The van der Waals surface area contributed by atoms with Crippen LogP contribution in [0.2, 0.25) is 0 Å². The highest BCUT2D eigenvalue weighted by Crippen LogP contribution is 2.43. The van der Waals surface area contributed by atoms with Gasteiger partial charge in [-0.25, -0.2) is 4.79 Å². The lowest BCUT2D eigenvalue weighted by molar-refractivity contribution is -0.139. The Morgan fingerprint density at radius 1 is 1.07 bits per heavy atom. The lowest BCUT2D eigenvalue weighted by Gasteiger charge is -2.34. The highest BCUT2D eigenvalue weighted by Gasteiger charge is 2.32. The molecule has 0 aliphatic heterocycles. The monoisotopic (exact) mass is 397 g/mol. The number of hydrogen-bond donors (Lipinski definition) is 2. The summed E-state index contributed by atoms with van der Waals surface area (Å²) in [5.41, 5.74) is 2.02. The molecule has 0 bridgehead atoms. The first-order valence-electron chi connectivity index (χ1n) is 9.51. The lowest BCUT2D eigenvalue weighted by Crippen LogP contribution is -2.25. The molecular weight excluding hydrogens is 370 g/mol. The van der Waals surface area contributed by atoms with Crippen LogP contribution in [0.3, 0.4) is 0 Å². The van der Waals surface area contributed by atoms with Crippen LogP contribution in [0.1, 0.15) is 46.6 Å². The summed E-state index contributed by atoms with van der Waals surface area (Å²) in [6.45, 7) is 10.0. The zero-order chi connectivity index (χ0) is 21.4. The van der Waals surface area contributed by atoms with E-state index in [1.54, 1.807) is 12.1 Å². The van der Waals surface area contributed by atoms with E-state index in [1.807, 2.05) is 38.1 Å². The standard InChI is InChI=1S/C22H27N3O4/c1-21(2,3)13-22(4,5)15-10-14(29-12-19(26)27)11-18(20(15)28)25-23-16-8-6-7-9-17(16)24-25/h6-11,28H,12-13H2,1-5H3,(H,26,27). The minimum atomic E-state index is -1.07. The summed E-state index contributed by atoms with van der Waals surface area (Å²) in [7, 11) is 0. The predicted octanol–water partition coefficient (Wildman–Crippen LogP) is 4.30. The summed E-state index contributed by atoms with van der Waals surface area (Å²) in [6.07, 6.45) is 0.796. The van der Waals surface area contributed by atoms with Gasteiger partial charge in [0, 0.05) is 11.6 Å². The molecule has 3 aromatic rings. The average molecular weight is 397 g/mol. The van der Waals surface area contributed by atoms with Gasteiger partial charge in [0.1, 0.15) is 28.2 Å². The van der Waals surface area contributed by atoms with Gasteiger partial charge in [-0.2, -0.15) is 0 Å². The normalized spacial score (nSPS) is 12.3. The van der Waals surface area contributed by atoms with Crippen LogP contribution in [0.25, 0.3) is 16.7 Å². The van der Waals surface area contributed by atoms with Crippen LogP contribution in [0.5, 0.6) is 11.5 Å². The van der Waals surface area contributed by atoms with E-state index in [2.05, 4.69) is 31.0 Å². The van der Waals surface area contributed by atoms with Gasteiger partial charge in [-0.3, -0.25) is 0 Å². The van der Waals surface area contributed by atoms with Crippen molar-refractivity contribution in [2.45, 2.75) is 46.5 Å². The first-order chi connectivity index (χ1) is 13.5. The summed E-state index contributed by atoms with van der Waals surface area (Å²) in [4.78, 5) is 12.3. The van der Waals surface area contributed by atoms with Gasteiger partial charge in [0.05, 0.1) is 0 Å². The molecular formula is C22H27N3O4. The third-order valence-corrected chi connectivity index (χ3v) is 4.63. The van der Waals surface area contributed by atoms with Crippen molar-refractivity contribution in [2.75, 3.05) is 6.61 Å². The molecule has 0 aliphatic carbocycles. The van der Waals surface area contributed by atoms with Gasteiger partial charge in [-0.15, -0.1) is 15.0 Å². The zero-order valence-corrected chi connectivity index (χ0v) is 17.4. The molecule has 1 aromatic heterocycles. The van der Waals surface area contributed by atoms with Gasteiger partial charge in [0.2, 0.25) is 0 Å². The second-order valence-electron chi connectivity index (χ2n) is 9.12. The Balaban J connectivity index is 2.16. The van der Waals surface area contributed by atoms with E-state index in [0.717, 1.165) is 6.42 Å². The first-order valence-corrected chi connectivity index (χ1v) is 9.51. The van der Waals surface area contributed by atoms with Crippen LogP contribution in [0.4, 0.5) is 0 Å². The number of aliphatic carboxylic acids is 1. The van der Waals surface area contributed by atoms with E-state index in [4.69, 9.17) is 9.84 Å². The molecule has 0 saturated heterocycles. The molecule has 0 saturated carbocycles. The van der Waals surface area contributed by atoms with E-state index in [0.29, 0.717) is 28.0 Å². The van der Waals surface area contributed by atoms with Gasteiger partial charge in [0.15, 0.2) is 6.61 Å². The second-order valence-corrected chi connectivity index (χ2v) is 9.12. The molecule has 154 valence electrons. The van der Waals surface area contributed by atoms with Gasteiger partial charge in [-0.1, -0.05) is 46.8 Å². The zero-order valence-electron chi connectivity index (χ0n) is 17.4. The van der Waals surface area contributed by atoms with Crippen LogP contribution < -0.4 is 4.74 Å². The van der Waals surface area contributed by atoms with Crippen molar-refractivity contribution in [1.82, 2.24) is 15.0 Å². The van der Waals surface area contributed by atoms with Crippen molar-refractivity contribution >= 4 is 17.0 Å². The number of phenols is 1. The Morgan fingerprint density at radius 2 is 1.66 bits per heavy atom. The number of fused-ring (bicyclic) bond motifs is 1. The van der Waals surface area contributed by atoms with Crippen LogP contribution in [-0.2, 0) is 10.2 Å². The topological polar surface area (TPSA) is 97.5 Å². The molecule has 0 aliphatic rings. The summed E-state index contributed by atoms with van der Waals surface area (Å²) >= 11 is 0. The van der Waals surface area contributed by atoms with E-state index in [9.17, 15) is 9.90 Å². The number of aromatic hydroxyl groups is 1. The van der Waals surface area contributed by atoms with E-state index >= 15 is 0 Å². The third kappa shape index (κ3) is 4.67. The van der Waals surface area contributed by atoms with Crippen molar-refractivity contribution in [3.8, 4) is 17.2 Å². The quantitative estimate of drug-likeness (QED) is 0.643. The molecule has 1 heterocycles. The SMILES string of the molecule is CC(C)(C)CC(C)(C)c1cc(OCC(=O)O)cc(-n2nc3ccccc3n2)c1O. The van der Waals surface area contributed by atoms with Crippen molar-refractivity contribution in [2.24, 2.45) is 5.41 Å². The molecule has 7 heteroatoms. The number of ether oxygens (including phenoxy) is 1. The molecule has 0 fully saturated rings. The number of aromatic nitrogens is 3. The molecule has 0 radical (unpaired) electrons. The number of carboxylic acids is 1. The molecule has 29 heavy (non-hydrogen) atoms. The third-order valence-electron chi connectivity index (χ3n) is 4.63.